The zero-order chi connectivity index (χ0) is 18.9. The van der Waals surface area contributed by atoms with E-state index in [-0.39, 0.29) is 29.6 Å². The predicted octanol–water partition coefficient (Wildman–Crippen LogP) is 2.70. The van der Waals surface area contributed by atoms with Gasteiger partial charge in [0.05, 0.1) is 11.6 Å². The van der Waals surface area contributed by atoms with Gasteiger partial charge in [-0.2, -0.15) is 0 Å². The summed E-state index contributed by atoms with van der Waals surface area (Å²) in [6.07, 6.45) is 2.42. The fraction of sp³-hybridized carbons (Fsp3) is 0.455. The first-order valence-corrected chi connectivity index (χ1v) is 9.82. The van der Waals surface area contributed by atoms with E-state index < -0.39 is 0 Å². The van der Waals surface area contributed by atoms with Crippen molar-refractivity contribution in [2.75, 3.05) is 31.1 Å². The Morgan fingerprint density at radius 1 is 1.19 bits per heavy atom. The van der Waals surface area contributed by atoms with Crippen LogP contribution in [0.25, 0.3) is 10.8 Å². The number of hydrogen-bond acceptors (Lipinski definition) is 3. The normalized spacial score (nSPS) is 22.2. The number of rotatable bonds is 4. The van der Waals surface area contributed by atoms with E-state index in [1.165, 1.54) is 0 Å². The van der Waals surface area contributed by atoms with Crippen LogP contribution in [0.4, 0.5) is 5.69 Å². The molecule has 4 rings (SSSR count). The van der Waals surface area contributed by atoms with Crippen LogP contribution in [-0.2, 0) is 9.59 Å². The molecule has 2 heterocycles. The van der Waals surface area contributed by atoms with E-state index in [9.17, 15) is 9.59 Å². The largest absolute Gasteiger partial charge is 0.355 e. The van der Waals surface area contributed by atoms with Crippen molar-refractivity contribution in [2.45, 2.75) is 26.2 Å². The summed E-state index contributed by atoms with van der Waals surface area (Å²) in [6.45, 7) is 5.38. The van der Waals surface area contributed by atoms with E-state index >= 15 is 0 Å². The van der Waals surface area contributed by atoms with Crippen LogP contribution < -0.4 is 15.5 Å². The van der Waals surface area contributed by atoms with Gasteiger partial charge in [-0.1, -0.05) is 43.3 Å². The van der Waals surface area contributed by atoms with Crippen molar-refractivity contribution in [3.63, 3.8) is 0 Å². The molecule has 0 spiro atoms. The number of carbonyl (C=O) groups excluding carboxylic acids is 2. The minimum absolute atomic E-state index is 0.00541. The van der Waals surface area contributed by atoms with Gasteiger partial charge in [0.25, 0.3) is 0 Å². The second-order valence-corrected chi connectivity index (χ2v) is 8.18. The summed E-state index contributed by atoms with van der Waals surface area (Å²) in [7, 11) is 0. The van der Waals surface area contributed by atoms with Crippen molar-refractivity contribution in [1.82, 2.24) is 10.6 Å². The van der Waals surface area contributed by atoms with Crippen LogP contribution >= 0.6 is 0 Å². The Kier molecular flexibility index (Phi) is 4.87. The summed E-state index contributed by atoms with van der Waals surface area (Å²) in [6, 6.07) is 14.0. The zero-order valence-electron chi connectivity index (χ0n) is 15.8. The standard InChI is InChI=1S/C22H27N3O2/c1-22(9-11-23-12-10-22)15-24-21(27)17-13-20(26)25(14-17)19-8-4-6-16-5-2-3-7-18(16)19/h2-8,17,23H,9-15H2,1H3,(H,24,27). The first-order chi connectivity index (χ1) is 13.1. The maximum atomic E-state index is 12.7. The highest BCUT2D eigenvalue weighted by Gasteiger charge is 2.36. The fourth-order valence-electron chi connectivity index (χ4n) is 4.21. The molecule has 0 radical (unpaired) electrons. The van der Waals surface area contributed by atoms with Crippen LogP contribution in [0.15, 0.2) is 42.5 Å². The van der Waals surface area contributed by atoms with Gasteiger partial charge < -0.3 is 15.5 Å². The molecular formula is C22H27N3O2. The second kappa shape index (κ2) is 7.31. The molecule has 5 heteroatoms. The Morgan fingerprint density at radius 2 is 1.93 bits per heavy atom. The van der Waals surface area contributed by atoms with Gasteiger partial charge in [0.15, 0.2) is 0 Å². The molecule has 0 bridgehead atoms. The van der Waals surface area contributed by atoms with Crippen LogP contribution in [0.1, 0.15) is 26.2 Å². The van der Waals surface area contributed by atoms with E-state index in [2.05, 4.69) is 17.6 Å². The molecule has 0 aromatic heterocycles. The van der Waals surface area contributed by atoms with Crippen molar-refractivity contribution in [3.05, 3.63) is 42.5 Å². The Labute approximate surface area is 160 Å². The maximum absolute atomic E-state index is 12.7. The topological polar surface area (TPSA) is 61.4 Å². The van der Waals surface area contributed by atoms with E-state index in [0.29, 0.717) is 13.1 Å². The molecule has 5 nitrogen and oxygen atoms in total. The fourth-order valence-corrected chi connectivity index (χ4v) is 4.21. The molecule has 2 fully saturated rings. The highest BCUT2D eigenvalue weighted by Crippen LogP contribution is 2.32. The summed E-state index contributed by atoms with van der Waals surface area (Å²) >= 11 is 0. The van der Waals surface area contributed by atoms with Crippen LogP contribution in [-0.4, -0.2) is 38.0 Å². The predicted molar refractivity (Wildman–Crippen MR) is 108 cm³/mol. The smallest absolute Gasteiger partial charge is 0.227 e. The molecular weight excluding hydrogens is 338 g/mol. The molecule has 0 aliphatic carbocycles. The van der Waals surface area contributed by atoms with Crippen LogP contribution in [0.3, 0.4) is 0 Å². The minimum atomic E-state index is -0.276. The van der Waals surface area contributed by atoms with E-state index in [4.69, 9.17) is 0 Å². The summed E-state index contributed by atoms with van der Waals surface area (Å²) < 4.78 is 0. The molecule has 142 valence electrons. The molecule has 2 aliphatic heterocycles. The van der Waals surface area contributed by atoms with Gasteiger partial charge in [-0.3, -0.25) is 9.59 Å². The molecule has 1 atom stereocenters. The van der Waals surface area contributed by atoms with Crippen molar-refractivity contribution in [3.8, 4) is 0 Å². The molecule has 27 heavy (non-hydrogen) atoms. The van der Waals surface area contributed by atoms with Gasteiger partial charge in [0.1, 0.15) is 0 Å². The molecule has 2 aromatic rings. The van der Waals surface area contributed by atoms with Crippen molar-refractivity contribution >= 4 is 28.3 Å². The number of anilines is 1. The Bertz CT molecular complexity index is 852. The highest BCUT2D eigenvalue weighted by molar-refractivity contribution is 6.06. The molecule has 2 aliphatic rings. The van der Waals surface area contributed by atoms with Crippen molar-refractivity contribution in [2.24, 2.45) is 11.3 Å². The number of fused-ring (bicyclic) bond motifs is 1. The Hall–Kier alpha value is -2.40. The minimum Gasteiger partial charge on any atom is -0.355 e. The molecule has 2 amide bonds. The molecule has 2 N–H and O–H groups in total. The SMILES string of the molecule is CC1(CNC(=O)C2CC(=O)N(c3cccc4ccccc34)C2)CCNCC1. The molecule has 0 saturated carbocycles. The van der Waals surface area contributed by atoms with Crippen LogP contribution in [0.2, 0.25) is 0 Å². The van der Waals surface area contributed by atoms with E-state index in [1.807, 2.05) is 42.5 Å². The summed E-state index contributed by atoms with van der Waals surface area (Å²) in [5.74, 6) is -0.243. The van der Waals surface area contributed by atoms with Gasteiger partial charge in [0.2, 0.25) is 11.8 Å². The Morgan fingerprint density at radius 3 is 2.74 bits per heavy atom. The number of nitrogens with one attached hydrogen (secondary N) is 2. The Balaban J connectivity index is 1.45. The average molecular weight is 365 g/mol. The quantitative estimate of drug-likeness (QED) is 0.876. The third-order valence-electron chi connectivity index (χ3n) is 6.05. The lowest BCUT2D eigenvalue weighted by atomic mass is 9.81. The van der Waals surface area contributed by atoms with Crippen LogP contribution in [0, 0.1) is 11.3 Å². The second-order valence-electron chi connectivity index (χ2n) is 8.18. The first kappa shape index (κ1) is 18.0. The van der Waals surface area contributed by atoms with E-state index in [1.54, 1.807) is 4.90 Å². The lowest BCUT2D eigenvalue weighted by Gasteiger charge is -2.34. The van der Waals surface area contributed by atoms with Crippen molar-refractivity contribution in [1.29, 1.82) is 0 Å². The zero-order valence-corrected chi connectivity index (χ0v) is 15.8. The number of amides is 2. The van der Waals surface area contributed by atoms with E-state index in [0.717, 1.165) is 42.4 Å². The molecule has 2 aromatic carbocycles. The number of piperidine rings is 1. The third-order valence-corrected chi connectivity index (χ3v) is 6.05. The van der Waals surface area contributed by atoms with Crippen LogP contribution in [0.5, 0.6) is 0 Å². The third kappa shape index (κ3) is 3.69. The van der Waals surface area contributed by atoms with Crippen molar-refractivity contribution < 1.29 is 9.59 Å². The summed E-state index contributed by atoms with van der Waals surface area (Å²) in [5.41, 5.74) is 1.05. The molecule has 1 unspecified atom stereocenters. The van der Waals surface area contributed by atoms with Gasteiger partial charge in [-0.05, 0) is 42.8 Å². The molecule has 2 saturated heterocycles. The number of carbonyl (C=O) groups is 2. The monoisotopic (exact) mass is 365 g/mol. The number of nitrogens with zero attached hydrogens (tertiary/aromatic N) is 1. The van der Waals surface area contributed by atoms with Gasteiger partial charge in [-0.15, -0.1) is 0 Å². The maximum Gasteiger partial charge on any atom is 0.227 e. The summed E-state index contributed by atoms with van der Waals surface area (Å²) in [5, 5.41) is 8.64. The highest BCUT2D eigenvalue weighted by atomic mass is 16.2. The lowest BCUT2D eigenvalue weighted by Crippen LogP contribution is -2.44. The number of hydrogen-bond donors (Lipinski definition) is 2. The van der Waals surface area contributed by atoms with Gasteiger partial charge in [0, 0.05) is 24.9 Å². The van der Waals surface area contributed by atoms with Gasteiger partial charge in [-0.25, -0.2) is 0 Å². The average Bonchev–Trinajstić information content (AvgIpc) is 3.08. The first-order valence-electron chi connectivity index (χ1n) is 9.82. The number of benzene rings is 2. The summed E-state index contributed by atoms with van der Waals surface area (Å²) in [4.78, 5) is 27.1. The lowest BCUT2D eigenvalue weighted by molar-refractivity contribution is -0.126. The van der Waals surface area contributed by atoms with Gasteiger partial charge >= 0.3 is 0 Å².